The Balaban J connectivity index is 2.05. The molecule has 2 heterocycles. The SMILES string of the molecule is CCC(C)C1CN(C2C=CS(=O)(=O)C2)C(C)CN1. The van der Waals surface area contributed by atoms with Crippen molar-refractivity contribution in [2.75, 3.05) is 18.8 Å². The minimum atomic E-state index is -2.95. The van der Waals surface area contributed by atoms with Crippen LogP contribution in [0.1, 0.15) is 27.2 Å². The zero-order valence-corrected chi connectivity index (χ0v) is 12.3. The molecule has 18 heavy (non-hydrogen) atoms. The molecule has 1 saturated heterocycles. The first-order valence-corrected chi connectivity index (χ1v) is 8.54. The van der Waals surface area contributed by atoms with Crippen molar-refractivity contribution < 1.29 is 8.42 Å². The fourth-order valence-electron chi connectivity index (χ4n) is 2.80. The molecular weight excluding hydrogens is 248 g/mol. The van der Waals surface area contributed by atoms with E-state index in [4.69, 9.17) is 0 Å². The number of hydrogen-bond donors (Lipinski definition) is 1. The third-order valence-electron chi connectivity index (χ3n) is 4.32. The summed E-state index contributed by atoms with van der Waals surface area (Å²) in [5, 5.41) is 4.96. The van der Waals surface area contributed by atoms with E-state index in [1.165, 1.54) is 5.41 Å². The van der Waals surface area contributed by atoms with E-state index >= 15 is 0 Å². The highest BCUT2D eigenvalue weighted by molar-refractivity contribution is 7.94. The predicted molar refractivity (Wildman–Crippen MR) is 74.1 cm³/mol. The standard InChI is InChI=1S/C13H24N2O2S/c1-4-10(2)13-8-15(11(3)7-14-13)12-5-6-18(16,17)9-12/h5-6,10-14H,4,7-9H2,1-3H3. The lowest BCUT2D eigenvalue weighted by atomic mass is 9.95. The molecule has 0 amide bonds. The van der Waals surface area contributed by atoms with E-state index in [0.29, 0.717) is 18.0 Å². The van der Waals surface area contributed by atoms with Gasteiger partial charge in [-0.2, -0.15) is 0 Å². The normalized spacial score (nSPS) is 37.8. The molecule has 0 saturated carbocycles. The van der Waals surface area contributed by atoms with Crippen LogP contribution in [0.25, 0.3) is 0 Å². The molecule has 1 N–H and O–H groups in total. The molecule has 1 fully saturated rings. The first-order chi connectivity index (χ1) is 8.43. The van der Waals surface area contributed by atoms with Crippen LogP contribution < -0.4 is 5.32 Å². The molecule has 0 aliphatic carbocycles. The Kier molecular flexibility index (Phi) is 4.14. The Labute approximate surface area is 110 Å². The molecule has 2 aliphatic rings. The fourth-order valence-corrected chi connectivity index (χ4v) is 4.12. The van der Waals surface area contributed by atoms with Crippen molar-refractivity contribution in [2.24, 2.45) is 5.92 Å². The molecule has 0 spiro atoms. The van der Waals surface area contributed by atoms with E-state index in [1.54, 1.807) is 0 Å². The van der Waals surface area contributed by atoms with Crippen LogP contribution in [0.4, 0.5) is 0 Å². The lowest BCUT2D eigenvalue weighted by Crippen LogP contribution is -2.60. The molecule has 4 nitrogen and oxygen atoms in total. The van der Waals surface area contributed by atoms with Gasteiger partial charge in [0.1, 0.15) is 0 Å². The lowest BCUT2D eigenvalue weighted by molar-refractivity contribution is 0.101. The van der Waals surface area contributed by atoms with E-state index in [0.717, 1.165) is 19.5 Å². The van der Waals surface area contributed by atoms with E-state index in [1.807, 2.05) is 6.08 Å². The second kappa shape index (κ2) is 5.31. The van der Waals surface area contributed by atoms with Gasteiger partial charge in [0, 0.05) is 36.6 Å². The van der Waals surface area contributed by atoms with Crippen LogP contribution in [0.5, 0.6) is 0 Å². The van der Waals surface area contributed by atoms with Gasteiger partial charge < -0.3 is 5.32 Å². The summed E-state index contributed by atoms with van der Waals surface area (Å²) in [6.07, 6.45) is 3.00. The van der Waals surface area contributed by atoms with E-state index < -0.39 is 9.84 Å². The molecule has 104 valence electrons. The van der Waals surface area contributed by atoms with Gasteiger partial charge in [0.2, 0.25) is 0 Å². The smallest absolute Gasteiger partial charge is 0.173 e. The van der Waals surface area contributed by atoms with Gasteiger partial charge in [-0.3, -0.25) is 4.90 Å². The van der Waals surface area contributed by atoms with Crippen molar-refractivity contribution in [2.45, 2.75) is 45.3 Å². The summed E-state index contributed by atoms with van der Waals surface area (Å²) in [4.78, 5) is 2.34. The zero-order chi connectivity index (χ0) is 13.3. The minimum absolute atomic E-state index is 0.0682. The summed E-state index contributed by atoms with van der Waals surface area (Å²) >= 11 is 0. The van der Waals surface area contributed by atoms with Gasteiger partial charge in [-0.05, 0) is 12.8 Å². The van der Waals surface area contributed by atoms with Crippen molar-refractivity contribution in [3.05, 3.63) is 11.5 Å². The molecule has 4 atom stereocenters. The van der Waals surface area contributed by atoms with Gasteiger partial charge >= 0.3 is 0 Å². The maximum Gasteiger partial charge on any atom is 0.173 e. The fraction of sp³-hybridized carbons (Fsp3) is 0.846. The second-order valence-corrected chi connectivity index (χ2v) is 7.60. The van der Waals surface area contributed by atoms with Gasteiger partial charge in [-0.15, -0.1) is 0 Å². The molecule has 0 radical (unpaired) electrons. The summed E-state index contributed by atoms with van der Waals surface area (Å²) in [5.41, 5.74) is 0. The Morgan fingerprint density at radius 2 is 2.22 bits per heavy atom. The van der Waals surface area contributed by atoms with Gasteiger partial charge in [-0.1, -0.05) is 26.3 Å². The summed E-state index contributed by atoms with van der Waals surface area (Å²) in [6.45, 7) is 8.51. The van der Waals surface area contributed by atoms with Crippen LogP contribution in [-0.4, -0.2) is 50.3 Å². The Hall–Kier alpha value is -0.390. The molecule has 2 aliphatic heterocycles. The molecule has 0 aromatic heterocycles. The topological polar surface area (TPSA) is 49.4 Å². The minimum Gasteiger partial charge on any atom is -0.311 e. The zero-order valence-electron chi connectivity index (χ0n) is 11.5. The van der Waals surface area contributed by atoms with Gasteiger partial charge in [0.05, 0.1) is 5.75 Å². The van der Waals surface area contributed by atoms with Crippen molar-refractivity contribution in [1.29, 1.82) is 0 Å². The quantitative estimate of drug-likeness (QED) is 0.833. The Bertz CT molecular complexity index is 419. The summed E-state index contributed by atoms with van der Waals surface area (Å²) in [6, 6.07) is 0.940. The number of hydrogen-bond acceptors (Lipinski definition) is 4. The second-order valence-electron chi connectivity index (χ2n) is 5.67. The van der Waals surface area contributed by atoms with Crippen molar-refractivity contribution in [1.82, 2.24) is 10.2 Å². The maximum absolute atomic E-state index is 11.5. The summed E-state index contributed by atoms with van der Waals surface area (Å²) in [7, 11) is -2.95. The first kappa shape index (κ1) is 14.0. The third kappa shape index (κ3) is 2.95. The average molecular weight is 272 g/mol. The van der Waals surface area contributed by atoms with Crippen molar-refractivity contribution in [3.63, 3.8) is 0 Å². The maximum atomic E-state index is 11.5. The number of nitrogens with zero attached hydrogens (tertiary/aromatic N) is 1. The number of rotatable bonds is 3. The van der Waals surface area contributed by atoms with Crippen molar-refractivity contribution >= 4 is 9.84 Å². The number of piperazine rings is 1. The Morgan fingerprint density at radius 3 is 2.78 bits per heavy atom. The van der Waals surface area contributed by atoms with Crippen LogP contribution in [-0.2, 0) is 9.84 Å². The van der Waals surface area contributed by atoms with Gasteiger partial charge in [0.25, 0.3) is 0 Å². The molecule has 2 rings (SSSR count). The monoisotopic (exact) mass is 272 g/mol. The van der Waals surface area contributed by atoms with Gasteiger partial charge in [-0.25, -0.2) is 8.42 Å². The van der Waals surface area contributed by atoms with Crippen LogP contribution in [0.15, 0.2) is 11.5 Å². The predicted octanol–water partition coefficient (Wildman–Crippen LogP) is 1.01. The third-order valence-corrected chi connectivity index (χ3v) is 5.70. The highest BCUT2D eigenvalue weighted by Gasteiger charge is 2.35. The van der Waals surface area contributed by atoms with Crippen LogP contribution in [0, 0.1) is 5.92 Å². The highest BCUT2D eigenvalue weighted by atomic mass is 32.2. The molecule has 5 heteroatoms. The molecular formula is C13H24N2O2S. The van der Waals surface area contributed by atoms with Gasteiger partial charge in [0.15, 0.2) is 9.84 Å². The van der Waals surface area contributed by atoms with Crippen molar-refractivity contribution in [3.8, 4) is 0 Å². The lowest BCUT2D eigenvalue weighted by Gasteiger charge is -2.43. The van der Waals surface area contributed by atoms with E-state index in [2.05, 4.69) is 31.0 Å². The highest BCUT2D eigenvalue weighted by Crippen LogP contribution is 2.22. The Morgan fingerprint density at radius 1 is 1.50 bits per heavy atom. The summed E-state index contributed by atoms with van der Waals surface area (Å²) < 4.78 is 23.1. The molecule has 0 aromatic rings. The van der Waals surface area contributed by atoms with Crippen LogP contribution >= 0.6 is 0 Å². The molecule has 4 unspecified atom stereocenters. The molecule has 0 bridgehead atoms. The summed E-state index contributed by atoms with van der Waals surface area (Å²) in [5.74, 6) is 0.881. The first-order valence-electron chi connectivity index (χ1n) is 6.83. The van der Waals surface area contributed by atoms with E-state index in [-0.39, 0.29) is 11.8 Å². The van der Waals surface area contributed by atoms with Crippen LogP contribution in [0.2, 0.25) is 0 Å². The number of sulfone groups is 1. The van der Waals surface area contributed by atoms with Crippen LogP contribution in [0.3, 0.4) is 0 Å². The van der Waals surface area contributed by atoms with E-state index in [9.17, 15) is 8.42 Å². The average Bonchev–Trinajstić information content (AvgIpc) is 2.69. The largest absolute Gasteiger partial charge is 0.311 e. The number of nitrogens with one attached hydrogen (secondary N) is 1. The molecule has 0 aromatic carbocycles.